The molecule has 2 aromatic carbocycles. The molecule has 0 saturated carbocycles. The van der Waals surface area contributed by atoms with Crippen molar-refractivity contribution in [1.29, 1.82) is 0 Å². The molecule has 0 spiro atoms. The Morgan fingerprint density at radius 2 is 1.79 bits per heavy atom. The van der Waals surface area contributed by atoms with Gasteiger partial charge in [-0.1, -0.05) is 30.3 Å². The molecule has 3 nitrogen and oxygen atoms in total. The first-order valence-corrected chi connectivity index (χ1v) is 6.07. The number of anilines is 1. The Morgan fingerprint density at radius 1 is 1.00 bits per heavy atom. The van der Waals surface area contributed by atoms with Crippen LogP contribution in [-0.2, 0) is 0 Å². The molecular weight excluding hydrogens is 236 g/mol. The third-order valence-corrected chi connectivity index (χ3v) is 3.10. The van der Waals surface area contributed by atoms with E-state index in [9.17, 15) is 0 Å². The Hall–Kier alpha value is -2.55. The molecule has 0 aliphatic heterocycles. The Labute approximate surface area is 111 Å². The molecule has 0 fully saturated rings. The minimum atomic E-state index is 0.684. The molecule has 2 N–H and O–H groups in total. The molecule has 0 radical (unpaired) electrons. The van der Waals surface area contributed by atoms with Crippen molar-refractivity contribution < 1.29 is 4.74 Å². The van der Waals surface area contributed by atoms with E-state index in [2.05, 4.69) is 4.98 Å². The number of rotatable bonds is 2. The van der Waals surface area contributed by atoms with Gasteiger partial charge in [-0.25, -0.2) is 4.98 Å². The SMILES string of the molecule is COc1ccc2cc(N)c(-c3ccccc3)nc2c1. The van der Waals surface area contributed by atoms with Crippen molar-refractivity contribution in [3.05, 3.63) is 54.6 Å². The Bertz CT molecular complexity index is 723. The summed E-state index contributed by atoms with van der Waals surface area (Å²) in [6.07, 6.45) is 0. The summed E-state index contributed by atoms with van der Waals surface area (Å²) < 4.78 is 5.23. The van der Waals surface area contributed by atoms with Gasteiger partial charge < -0.3 is 10.5 Å². The average molecular weight is 250 g/mol. The summed E-state index contributed by atoms with van der Waals surface area (Å²) in [7, 11) is 1.65. The molecule has 3 rings (SSSR count). The number of nitrogen functional groups attached to an aromatic ring is 1. The van der Waals surface area contributed by atoms with E-state index in [4.69, 9.17) is 10.5 Å². The number of benzene rings is 2. The molecule has 1 aromatic heterocycles. The van der Waals surface area contributed by atoms with Gasteiger partial charge in [-0.05, 0) is 18.2 Å². The van der Waals surface area contributed by atoms with Gasteiger partial charge in [0.1, 0.15) is 5.75 Å². The first-order valence-electron chi connectivity index (χ1n) is 6.07. The number of aromatic nitrogens is 1. The third kappa shape index (κ3) is 2.10. The minimum absolute atomic E-state index is 0.684. The Kier molecular flexibility index (Phi) is 2.80. The van der Waals surface area contributed by atoms with Gasteiger partial charge >= 0.3 is 0 Å². The van der Waals surface area contributed by atoms with Crippen LogP contribution in [0.2, 0.25) is 0 Å². The number of ether oxygens (including phenoxy) is 1. The number of hydrogen-bond acceptors (Lipinski definition) is 3. The molecule has 94 valence electrons. The standard InChI is InChI=1S/C16H14N2O/c1-19-13-8-7-12-9-14(17)16(18-15(12)10-13)11-5-3-2-4-6-11/h2-10H,17H2,1H3. The van der Waals surface area contributed by atoms with E-state index in [0.29, 0.717) is 5.69 Å². The van der Waals surface area contributed by atoms with Crippen molar-refractivity contribution in [2.24, 2.45) is 0 Å². The van der Waals surface area contributed by atoms with Gasteiger partial charge in [0, 0.05) is 17.0 Å². The molecule has 0 aliphatic rings. The highest BCUT2D eigenvalue weighted by molar-refractivity contribution is 5.88. The van der Waals surface area contributed by atoms with Gasteiger partial charge in [0.05, 0.1) is 24.0 Å². The molecule has 3 aromatic rings. The lowest BCUT2D eigenvalue weighted by Gasteiger charge is -2.08. The number of nitrogens with two attached hydrogens (primary N) is 1. The lowest BCUT2D eigenvalue weighted by atomic mass is 10.1. The number of fused-ring (bicyclic) bond motifs is 1. The van der Waals surface area contributed by atoms with Crippen molar-refractivity contribution in [2.75, 3.05) is 12.8 Å². The first kappa shape index (κ1) is 11.5. The van der Waals surface area contributed by atoms with Crippen LogP contribution < -0.4 is 10.5 Å². The number of pyridine rings is 1. The second-order valence-corrected chi connectivity index (χ2v) is 4.35. The van der Waals surface area contributed by atoms with E-state index in [1.54, 1.807) is 7.11 Å². The summed E-state index contributed by atoms with van der Waals surface area (Å²) in [6.45, 7) is 0. The summed E-state index contributed by atoms with van der Waals surface area (Å²) in [4.78, 5) is 4.65. The zero-order valence-electron chi connectivity index (χ0n) is 10.6. The van der Waals surface area contributed by atoms with Gasteiger partial charge in [-0.15, -0.1) is 0 Å². The molecule has 1 heterocycles. The van der Waals surface area contributed by atoms with Crippen molar-refractivity contribution in [3.63, 3.8) is 0 Å². The van der Waals surface area contributed by atoms with Crippen molar-refractivity contribution in [2.45, 2.75) is 0 Å². The van der Waals surface area contributed by atoms with Gasteiger partial charge in [-0.2, -0.15) is 0 Å². The Morgan fingerprint density at radius 3 is 2.53 bits per heavy atom. The molecule has 0 saturated heterocycles. The lowest BCUT2D eigenvalue weighted by molar-refractivity contribution is 0.415. The van der Waals surface area contributed by atoms with Gasteiger partial charge in [0.2, 0.25) is 0 Å². The highest BCUT2D eigenvalue weighted by Gasteiger charge is 2.07. The van der Waals surface area contributed by atoms with Crippen LogP contribution in [0.5, 0.6) is 5.75 Å². The maximum atomic E-state index is 6.10. The zero-order valence-corrected chi connectivity index (χ0v) is 10.6. The molecule has 0 amide bonds. The van der Waals surface area contributed by atoms with E-state index in [1.807, 2.05) is 54.6 Å². The fourth-order valence-electron chi connectivity index (χ4n) is 2.12. The van der Waals surface area contributed by atoms with Crippen LogP contribution in [0.15, 0.2) is 54.6 Å². The molecule has 0 bridgehead atoms. The topological polar surface area (TPSA) is 48.1 Å². The van der Waals surface area contributed by atoms with Crippen LogP contribution >= 0.6 is 0 Å². The maximum Gasteiger partial charge on any atom is 0.121 e. The molecule has 19 heavy (non-hydrogen) atoms. The van der Waals surface area contributed by atoms with Crippen molar-refractivity contribution >= 4 is 16.6 Å². The predicted octanol–water partition coefficient (Wildman–Crippen LogP) is 3.49. The van der Waals surface area contributed by atoms with Crippen LogP contribution in [0, 0.1) is 0 Å². The molecule has 0 unspecified atom stereocenters. The quantitative estimate of drug-likeness (QED) is 0.757. The molecule has 0 atom stereocenters. The normalized spacial score (nSPS) is 10.6. The minimum Gasteiger partial charge on any atom is -0.497 e. The third-order valence-electron chi connectivity index (χ3n) is 3.10. The van der Waals surface area contributed by atoms with Crippen LogP contribution in [0.3, 0.4) is 0 Å². The first-order chi connectivity index (χ1) is 9.28. The van der Waals surface area contributed by atoms with Crippen LogP contribution in [0.1, 0.15) is 0 Å². The van der Waals surface area contributed by atoms with E-state index in [-0.39, 0.29) is 0 Å². The fraction of sp³-hybridized carbons (Fsp3) is 0.0625. The smallest absolute Gasteiger partial charge is 0.121 e. The summed E-state index contributed by atoms with van der Waals surface area (Å²) in [5.41, 5.74) is 9.49. The van der Waals surface area contributed by atoms with Gasteiger partial charge in [-0.3, -0.25) is 0 Å². The number of nitrogens with zero attached hydrogens (tertiary/aromatic N) is 1. The highest BCUT2D eigenvalue weighted by Crippen LogP contribution is 2.28. The molecular formula is C16H14N2O. The largest absolute Gasteiger partial charge is 0.497 e. The summed E-state index contributed by atoms with van der Waals surface area (Å²) >= 11 is 0. The van der Waals surface area contributed by atoms with E-state index >= 15 is 0 Å². The van der Waals surface area contributed by atoms with Crippen LogP contribution in [0.25, 0.3) is 22.2 Å². The molecule has 3 heteroatoms. The Balaban J connectivity index is 2.23. The van der Waals surface area contributed by atoms with Crippen molar-refractivity contribution in [3.8, 4) is 17.0 Å². The lowest BCUT2D eigenvalue weighted by Crippen LogP contribution is -1.95. The van der Waals surface area contributed by atoms with E-state index in [1.165, 1.54) is 0 Å². The predicted molar refractivity (Wildman–Crippen MR) is 78.1 cm³/mol. The number of methoxy groups -OCH3 is 1. The fourth-order valence-corrected chi connectivity index (χ4v) is 2.12. The monoisotopic (exact) mass is 250 g/mol. The van der Waals surface area contributed by atoms with Crippen LogP contribution in [0.4, 0.5) is 5.69 Å². The van der Waals surface area contributed by atoms with Gasteiger partial charge in [0.15, 0.2) is 0 Å². The van der Waals surface area contributed by atoms with Crippen molar-refractivity contribution in [1.82, 2.24) is 4.98 Å². The average Bonchev–Trinajstić information content (AvgIpc) is 2.47. The number of hydrogen-bond donors (Lipinski definition) is 1. The summed E-state index contributed by atoms with van der Waals surface area (Å²) in [6, 6.07) is 17.7. The zero-order chi connectivity index (χ0) is 13.2. The highest BCUT2D eigenvalue weighted by atomic mass is 16.5. The van der Waals surface area contributed by atoms with E-state index < -0.39 is 0 Å². The maximum absolute atomic E-state index is 6.10. The second-order valence-electron chi connectivity index (χ2n) is 4.35. The summed E-state index contributed by atoms with van der Waals surface area (Å²) in [5, 5.41) is 1.01. The summed E-state index contributed by atoms with van der Waals surface area (Å²) in [5.74, 6) is 0.795. The molecule has 0 aliphatic carbocycles. The van der Waals surface area contributed by atoms with E-state index in [0.717, 1.165) is 27.9 Å². The van der Waals surface area contributed by atoms with Gasteiger partial charge in [0.25, 0.3) is 0 Å². The second kappa shape index (κ2) is 4.61. The van der Waals surface area contributed by atoms with Crippen LogP contribution in [-0.4, -0.2) is 12.1 Å².